The SMILES string of the molecule is CCCCCCCCCCCCC/C=C/C(O)C(CO)NC(=O)CCCCCCCCCCC/C=C\CCCCCCCCCCCCCCOC(=O)CCCCCCCCCCCCCC. The predicted molar refractivity (Wildman–Crippen MR) is 292 cm³/mol. The summed E-state index contributed by atoms with van der Waals surface area (Å²) < 4.78 is 5.47. The minimum atomic E-state index is -0.845. The highest BCUT2D eigenvalue weighted by Gasteiger charge is 2.18. The van der Waals surface area contributed by atoms with Gasteiger partial charge in [-0.05, 0) is 57.8 Å². The average Bonchev–Trinajstić information content (AvgIpc) is 3.33. The second kappa shape index (κ2) is 56.9. The van der Waals surface area contributed by atoms with Gasteiger partial charge in [-0.2, -0.15) is 0 Å². The average molecular weight is 945 g/mol. The summed E-state index contributed by atoms with van der Waals surface area (Å²) in [5.41, 5.74) is 0. The third-order valence-corrected chi connectivity index (χ3v) is 14.0. The highest BCUT2D eigenvalue weighted by atomic mass is 16.5. The minimum Gasteiger partial charge on any atom is -0.466 e. The molecule has 0 aliphatic rings. The van der Waals surface area contributed by atoms with Crippen LogP contribution >= 0.6 is 0 Å². The lowest BCUT2D eigenvalue weighted by atomic mass is 10.0. The lowest BCUT2D eigenvalue weighted by molar-refractivity contribution is -0.143. The minimum absolute atomic E-state index is 0.0138. The molecule has 67 heavy (non-hydrogen) atoms. The second-order valence-electron chi connectivity index (χ2n) is 20.7. The van der Waals surface area contributed by atoms with Crippen LogP contribution in [0.5, 0.6) is 0 Å². The number of ether oxygens (including phenoxy) is 1. The molecule has 0 saturated carbocycles. The van der Waals surface area contributed by atoms with Gasteiger partial charge in [0.2, 0.25) is 5.91 Å². The van der Waals surface area contributed by atoms with E-state index in [0.29, 0.717) is 19.4 Å². The molecule has 2 atom stereocenters. The van der Waals surface area contributed by atoms with Gasteiger partial charge >= 0.3 is 5.97 Å². The molecule has 2 unspecified atom stereocenters. The van der Waals surface area contributed by atoms with Gasteiger partial charge in [0.15, 0.2) is 0 Å². The number of amides is 1. The maximum Gasteiger partial charge on any atom is 0.305 e. The van der Waals surface area contributed by atoms with Crippen molar-refractivity contribution in [3.8, 4) is 0 Å². The van der Waals surface area contributed by atoms with Crippen LogP contribution in [0.25, 0.3) is 0 Å². The number of aliphatic hydroxyl groups is 2. The molecule has 0 bridgehead atoms. The predicted octanol–water partition coefficient (Wildman–Crippen LogP) is 18.6. The van der Waals surface area contributed by atoms with E-state index in [1.54, 1.807) is 6.08 Å². The number of nitrogens with one attached hydrogen (secondary N) is 1. The van der Waals surface area contributed by atoms with E-state index in [0.717, 1.165) is 38.5 Å². The van der Waals surface area contributed by atoms with E-state index in [9.17, 15) is 19.8 Å². The van der Waals surface area contributed by atoms with Crippen LogP contribution in [0.15, 0.2) is 24.3 Å². The molecule has 0 radical (unpaired) electrons. The highest BCUT2D eigenvalue weighted by Crippen LogP contribution is 2.17. The van der Waals surface area contributed by atoms with Crippen molar-refractivity contribution in [3.05, 3.63) is 24.3 Å². The Morgan fingerprint density at radius 1 is 0.403 bits per heavy atom. The fourth-order valence-corrected chi connectivity index (χ4v) is 9.34. The zero-order chi connectivity index (χ0) is 48.6. The van der Waals surface area contributed by atoms with E-state index in [1.807, 2.05) is 6.08 Å². The summed E-state index contributed by atoms with van der Waals surface area (Å²) >= 11 is 0. The van der Waals surface area contributed by atoms with E-state index < -0.39 is 12.1 Å². The summed E-state index contributed by atoms with van der Waals surface area (Å²) in [5, 5.41) is 23.1. The van der Waals surface area contributed by atoms with E-state index in [2.05, 4.69) is 31.3 Å². The number of rotatable bonds is 56. The molecule has 6 nitrogen and oxygen atoms in total. The van der Waals surface area contributed by atoms with Crippen molar-refractivity contribution < 1.29 is 24.5 Å². The van der Waals surface area contributed by atoms with Crippen molar-refractivity contribution in [2.45, 2.75) is 341 Å². The number of allylic oxidation sites excluding steroid dienone is 3. The lowest BCUT2D eigenvalue weighted by Crippen LogP contribution is -2.45. The monoisotopic (exact) mass is 944 g/mol. The van der Waals surface area contributed by atoms with Crippen molar-refractivity contribution in [2.75, 3.05) is 13.2 Å². The van der Waals surface area contributed by atoms with Crippen LogP contribution < -0.4 is 5.32 Å². The van der Waals surface area contributed by atoms with Crippen LogP contribution in [0, 0.1) is 0 Å². The van der Waals surface area contributed by atoms with Crippen molar-refractivity contribution in [3.63, 3.8) is 0 Å². The quantitative estimate of drug-likeness (QED) is 0.0321. The number of esters is 1. The molecule has 0 aromatic carbocycles. The van der Waals surface area contributed by atoms with Gasteiger partial charge in [0.1, 0.15) is 0 Å². The van der Waals surface area contributed by atoms with Crippen LogP contribution in [0.2, 0.25) is 0 Å². The maximum atomic E-state index is 12.4. The number of hydrogen-bond acceptors (Lipinski definition) is 5. The Morgan fingerprint density at radius 3 is 1.06 bits per heavy atom. The first-order valence-electron chi connectivity index (χ1n) is 30.1. The summed E-state index contributed by atoms with van der Waals surface area (Å²) in [6.45, 7) is 4.91. The molecule has 0 saturated heterocycles. The van der Waals surface area contributed by atoms with Crippen LogP contribution in [-0.2, 0) is 14.3 Å². The van der Waals surface area contributed by atoms with Crippen LogP contribution in [-0.4, -0.2) is 47.4 Å². The standard InChI is InChI=1S/C61H117NO5/c1-3-5-7-9-11-13-15-30-33-37-41-45-49-53-59(64)58(57-63)62-60(65)54-50-46-42-38-34-31-28-26-24-22-20-18-17-19-21-23-25-27-29-32-36-40-44-48-52-56-67-61(66)55-51-47-43-39-35-16-14-12-10-8-6-4-2/h18,20,49,53,58-59,63-64H,3-17,19,21-48,50-52,54-57H2,1-2H3,(H,62,65)/b20-18-,53-49+. The number of aliphatic hydroxyl groups excluding tert-OH is 2. The van der Waals surface area contributed by atoms with E-state index >= 15 is 0 Å². The molecule has 0 aliphatic heterocycles. The van der Waals surface area contributed by atoms with E-state index in [1.165, 1.54) is 263 Å². The fourth-order valence-electron chi connectivity index (χ4n) is 9.34. The van der Waals surface area contributed by atoms with Crippen molar-refractivity contribution >= 4 is 11.9 Å². The van der Waals surface area contributed by atoms with Gasteiger partial charge in [-0.25, -0.2) is 0 Å². The molecule has 0 aliphatic carbocycles. The zero-order valence-corrected chi connectivity index (χ0v) is 45.1. The first-order chi connectivity index (χ1) is 33.0. The molecular weight excluding hydrogens is 827 g/mol. The summed E-state index contributed by atoms with van der Waals surface area (Å²) in [7, 11) is 0. The molecule has 6 heteroatoms. The third-order valence-electron chi connectivity index (χ3n) is 14.0. The van der Waals surface area contributed by atoms with E-state index in [-0.39, 0.29) is 18.5 Å². The molecule has 0 aromatic heterocycles. The zero-order valence-electron chi connectivity index (χ0n) is 45.1. The van der Waals surface area contributed by atoms with Gasteiger partial charge in [-0.15, -0.1) is 0 Å². The number of carbonyl (C=O) groups excluding carboxylic acids is 2. The Balaban J connectivity index is 3.41. The first kappa shape index (κ1) is 65.3. The summed E-state index contributed by atoms with van der Waals surface area (Å²) in [4.78, 5) is 24.4. The Bertz CT molecular complexity index is 1040. The number of carbonyl (C=O) groups is 2. The van der Waals surface area contributed by atoms with Crippen LogP contribution in [0.4, 0.5) is 0 Å². The van der Waals surface area contributed by atoms with Gasteiger partial charge < -0.3 is 20.3 Å². The Morgan fingerprint density at radius 2 is 0.701 bits per heavy atom. The van der Waals surface area contributed by atoms with Crippen molar-refractivity contribution in [2.24, 2.45) is 0 Å². The third kappa shape index (κ3) is 53.5. The van der Waals surface area contributed by atoms with Crippen molar-refractivity contribution in [1.82, 2.24) is 5.32 Å². The number of unbranched alkanes of at least 4 members (excludes halogenated alkanes) is 43. The summed E-state index contributed by atoms with van der Waals surface area (Å²) in [6, 6.07) is -0.629. The van der Waals surface area contributed by atoms with Crippen molar-refractivity contribution in [1.29, 1.82) is 0 Å². The number of hydrogen-bond donors (Lipinski definition) is 3. The van der Waals surface area contributed by atoms with Gasteiger partial charge in [0.05, 0.1) is 25.4 Å². The fraction of sp³-hybridized carbons (Fsp3) is 0.902. The second-order valence-corrected chi connectivity index (χ2v) is 20.7. The Hall–Kier alpha value is -1.66. The normalized spacial score (nSPS) is 12.7. The summed E-state index contributed by atoms with van der Waals surface area (Å²) in [6.07, 6.45) is 69.3. The van der Waals surface area contributed by atoms with Gasteiger partial charge in [0, 0.05) is 12.8 Å². The lowest BCUT2D eigenvalue weighted by Gasteiger charge is -2.20. The molecule has 1 amide bonds. The molecule has 0 spiro atoms. The molecule has 0 fully saturated rings. The van der Waals surface area contributed by atoms with Gasteiger partial charge in [-0.3, -0.25) is 9.59 Å². The Kier molecular flexibility index (Phi) is 55.5. The van der Waals surface area contributed by atoms with Gasteiger partial charge in [-0.1, -0.05) is 282 Å². The molecular formula is C61H117NO5. The molecule has 0 rings (SSSR count). The smallest absolute Gasteiger partial charge is 0.305 e. The maximum absolute atomic E-state index is 12.4. The van der Waals surface area contributed by atoms with Gasteiger partial charge in [0.25, 0.3) is 0 Å². The highest BCUT2D eigenvalue weighted by molar-refractivity contribution is 5.76. The molecule has 396 valence electrons. The molecule has 0 heterocycles. The van der Waals surface area contributed by atoms with Crippen LogP contribution in [0.3, 0.4) is 0 Å². The largest absolute Gasteiger partial charge is 0.466 e. The summed E-state index contributed by atoms with van der Waals surface area (Å²) in [5.74, 6) is -0.0567. The molecule has 0 aromatic rings. The van der Waals surface area contributed by atoms with E-state index in [4.69, 9.17) is 4.74 Å². The Labute approximate surface area is 418 Å². The topological polar surface area (TPSA) is 95.9 Å². The van der Waals surface area contributed by atoms with Crippen LogP contribution in [0.1, 0.15) is 328 Å². The first-order valence-corrected chi connectivity index (χ1v) is 30.1. The molecule has 3 N–H and O–H groups in total.